The van der Waals surface area contributed by atoms with Crippen LogP contribution < -0.4 is 4.74 Å². The molecule has 5 heteroatoms. The second kappa shape index (κ2) is 4.91. The molecule has 2 rings (SSSR count). The van der Waals surface area contributed by atoms with E-state index in [1.807, 2.05) is 0 Å². The fourth-order valence-corrected chi connectivity index (χ4v) is 1.58. The molecule has 0 unspecified atom stereocenters. The highest BCUT2D eigenvalue weighted by Crippen LogP contribution is 2.38. The molecule has 2 aromatic carbocycles. The van der Waals surface area contributed by atoms with Gasteiger partial charge in [-0.25, -0.2) is 4.39 Å². The lowest BCUT2D eigenvalue weighted by atomic mass is 10.1. The smallest absolute Gasteiger partial charge is 0.419 e. The minimum absolute atomic E-state index is 0.149. The van der Waals surface area contributed by atoms with Crippen LogP contribution in [-0.2, 0) is 6.18 Å². The Morgan fingerprint density at radius 1 is 0.947 bits per heavy atom. The Hall–Kier alpha value is -2.04. The topological polar surface area (TPSA) is 9.23 Å². The molecular formula is C14H10F4O. The second-order valence-corrected chi connectivity index (χ2v) is 4.05. The summed E-state index contributed by atoms with van der Waals surface area (Å²) in [6.45, 7) is 1.57. The normalized spacial score (nSPS) is 11.4. The average Bonchev–Trinajstić information content (AvgIpc) is 2.33. The number of ether oxygens (including phenoxy) is 1. The summed E-state index contributed by atoms with van der Waals surface area (Å²) in [6.07, 6.45) is -4.50. The third kappa shape index (κ3) is 3.24. The van der Waals surface area contributed by atoms with Gasteiger partial charge in [0.1, 0.15) is 17.3 Å². The van der Waals surface area contributed by atoms with E-state index in [0.29, 0.717) is 5.56 Å². The van der Waals surface area contributed by atoms with Crippen molar-refractivity contribution in [3.05, 3.63) is 59.4 Å². The average molecular weight is 270 g/mol. The van der Waals surface area contributed by atoms with Crippen molar-refractivity contribution in [2.45, 2.75) is 13.1 Å². The SMILES string of the molecule is Cc1ccc(Oc2ccc(F)cc2)c(C(F)(F)F)c1. The molecule has 0 bridgehead atoms. The monoisotopic (exact) mass is 270 g/mol. The molecule has 0 aromatic heterocycles. The largest absolute Gasteiger partial charge is 0.457 e. The standard InChI is InChI=1S/C14H10F4O/c1-9-2-7-13(12(8-9)14(16,17)18)19-11-5-3-10(15)4-6-11/h2-8H,1H3. The third-order valence-corrected chi connectivity index (χ3v) is 2.48. The van der Waals surface area contributed by atoms with Gasteiger partial charge in [-0.05, 0) is 43.3 Å². The highest BCUT2D eigenvalue weighted by atomic mass is 19.4. The summed E-state index contributed by atoms with van der Waals surface area (Å²) in [4.78, 5) is 0. The number of aryl methyl sites for hydroxylation is 1. The van der Waals surface area contributed by atoms with E-state index >= 15 is 0 Å². The van der Waals surface area contributed by atoms with E-state index in [-0.39, 0.29) is 11.5 Å². The highest BCUT2D eigenvalue weighted by Gasteiger charge is 2.34. The summed E-state index contributed by atoms with van der Waals surface area (Å²) in [5.74, 6) is -0.632. The molecule has 2 aromatic rings. The quantitative estimate of drug-likeness (QED) is 0.702. The van der Waals surface area contributed by atoms with Crippen molar-refractivity contribution in [2.24, 2.45) is 0 Å². The maximum Gasteiger partial charge on any atom is 0.419 e. The molecule has 0 fully saturated rings. The minimum atomic E-state index is -4.50. The number of benzene rings is 2. The van der Waals surface area contributed by atoms with Crippen molar-refractivity contribution in [3.8, 4) is 11.5 Å². The van der Waals surface area contributed by atoms with Gasteiger partial charge in [0.05, 0.1) is 5.56 Å². The molecule has 0 aliphatic carbocycles. The van der Waals surface area contributed by atoms with Gasteiger partial charge in [0.2, 0.25) is 0 Å². The Balaban J connectivity index is 2.37. The number of hydrogen-bond acceptors (Lipinski definition) is 1. The molecule has 0 saturated carbocycles. The van der Waals surface area contributed by atoms with Crippen molar-refractivity contribution in [1.29, 1.82) is 0 Å². The Bertz CT molecular complexity index is 573. The van der Waals surface area contributed by atoms with Gasteiger partial charge in [-0.3, -0.25) is 0 Å². The second-order valence-electron chi connectivity index (χ2n) is 4.05. The Labute approximate surface area is 107 Å². The fourth-order valence-electron chi connectivity index (χ4n) is 1.58. The van der Waals surface area contributed by atoms with Gasteiger partial charge >= 0.3 is 6.18 Å². The van der Waals surface area contributed by atoms with E-state index in [1.165, 1.54) is 24.3 Å². The van der Waals surface area contributed by atoms with Gasteiger partial charge in [-0.2, -0.15) is 13.2 Å². The van der Waals surface area contributed by atoms with Gasteiger partial charge < -0.3 is 4.74 Å². The van der Waals surface area contributed by atoms with Gasteiger partial charge in [0, 0.05) is 0 Å². The van der Waals surface area contributed by atoms with Crippen LogP contribution in [0.3, 0.4) is 0 Å². The highest BCUT2D eigenvalue weighted by molar-refractivity contribution is 5.41. The van der Waals surface area contributed by atoms with Crippen molar-refractivity contribution in [3.63, 3.8) is 0 Å². The first-order chi connectivity index (χ1) is 8.86. The van der Waals surface area contributed by atoms with E-state index in [4.69, 9.17) is 4.74 Å². The first kappa shape index (κ1) is 13.4. The lowest BCUT2D eigenvalue weighted by Gasteiger charge is -2.14. The van der Waals surface area contributed by atoms with Gasteiger partial charge in [-0.1, -0.05) is 11.6 Å². The molecule has 0 aliphatic rings. The van der Waals surface area contributed by atoms with Crippen LogP contribution in [-0.4, -0.2) is 0 Å². The molecule has 0 atom stereocenters. The van der Waals surface area contributed by atoms with Crippen LogP contribution in [0, 0.1) is 12.7 Å². The molecule has 0 aliphatic heterocycles. The lowest BCUT2D eigenvalue weighted by molar-refractivity contribution is -0.138. The third-order valence-electron chi connectivity index (χ3n) is 2.48. The zero-order valence-electron chi connectivity index (χ0n) is 9.96. The number of alkyl halides is 3. The first-order valence-corrected chi connectivity index (χ1v) is 5.47. The molecule has 0 N–H and O–H groups in total. The molecule has 0 spiro atoms. The van der Waals surface area contributed by atoms with Gasteiger partial charge in [-0.15, -0.1) is 0 Å². The first-order valence-electron chi connectivity index (χ1n) is 5.47. The van der Waals surface area contributed by atoms with E-state index in [9.17, 15) is 17.6 Å². The summed E-state index contributed by atoms with van der Waals surface area (Å²) < 4.78 is 56.4. The summed E-state index contributed by atoms with van der Waals surface area (Å²) in [5, 5.41) is 0. The predicted octanol–water partition coefficient (Wildman–Crippen LogP) is 4.95. The molecular weight excluding hydrogens is 260 g/mol. The Morgan fingerprint density at radius 2 is 1.58 bits per heavy atom. The van der Waals surface area contributed by atoms with Gasteiger partial charge in [0.25, 0.3) is 0 Å². The summed E-state index contributed by atoms with van der Waals surface area (Å²) >= 11 is 0. The fraction of sp³-hybridized carbons (Fsp3) is 0.143. The van der Waals surface area contributed by atoms with Crippen LogP contribution in [0.25, 0.3) is 0 Å². The molecule has 100 valence electrons. The van der Waals surface area contributed by atoms with Crippen LogP contribution in [0.15, 0.2) is 42.5 Å². The zero-order chi connectivity index (χ0) is 14.0. The van der Waals surface area contributed by atoms with Crippen LogP contribution in [0.5, 0.6) is 11.5 Å². The van der Waals surface area contributed by atoms with Gasteiger partial charge in [0.15, 0.2) is 0 Å². The zero-order valence-corrected chi connectivity index (χ0v) is 9.96. The van der Waals surface area contributed by atoms with E-state index in [1.54, 1.807) is 6.92 Å². The maximum absolute atomic E-state index is 12.9. The van der Waals surface area contributed by atoms with Crippen LogP contribution in [0.1, 0.15) is 11.1 Å². The van der Waals surface area contributed by atoms with E-state index in [0.717, 1.165) is 18.2 Å². The van der Waals surface area contributed by atoms with Crippen LogP contribution in [0.2, 0.25) is 0 Å². The minimum Gasteiger partial charge on any atom is -0.457 e. The van der Waals surface area contributed by atoms with Crippen molar-refractivity contribution < 1.29 is 22.3 Å². The molecule has 0 saturated heterocycles. The van der Waals surface area contributed by atoms with E-state index < -0.39 is 17.6 Å². The summed E-state index contributed by atoms with van der Waals surface area (Å²) in [7, 11) is 0. The van der Waals surface area contributed by atoms with Crippen LogP contribution >= 0.6 is 0 Å². The Kier molecular flexibility index (Phi) is 3.46. The maximum atomic E-state index is 12.9. The Morgan fingerprint density at radius 3 is 2.16 bits per heavy atom. The molecule has 0 amide bonds. The molecule has 19 heavy (non-hydrogen) atoms. The summed E-state index contributed by atoms with van der Waals surface area (Å²) in [5.41, 5.74) is -0.365. The number of halogens is 4. The van der Waals surface area contributed by atoms with Crippen molar-refractivity contribution >= 4 is 0 Å². The van der Waals surface area contributed by atoms with Crippen molar-refractivity contribution in [1.82, 2.24) is 0 Å². The number of rotatable bonds is 2. The van der Waals surface area contributed by atoms with Crippen molar-refractivity contribution in [2.75, 3.05) is 0 Å². The molecule has 0 radical (unpaired) electrons. The van der Waals surface area contributed by atoms with Crippen LogP contribution in [0.4, 0.5) is 17.6 Å². The summed E-state index contributed by atoms with van der Waals surface area (Å²) in [6, 6.07) is 8.58. The van der Waals surface area contributed by atoms with E-state index in [2.05, 4.69) is 0 Å². The molecule has 0 heterocycles. The number of hydrogen-bond donors (Lipinski definition) is 0. The lowest BCUT2D eigenvalue weighted by Crippen LogP contribution is -2.07. The predicted molar refractivity (Wildman–Crippen MR) is 62.7 cm³/mol. The molecule has 1 nitrogen and oxygen atoms in total.